The molecule has 5 aromatic rings. The minimum Gasteiger partial charge on any atom is -0.479 e. The molecule has 7 heteroatoms. The zero-order valence-electron chi connectivity index (χ0n) is 18.6. The molecule has 7 nitrogen and oxygen atoms in total. The van der Waals surface area contributed by atoms with E-state index in [1.54, 1.807) is 24.3 Å². The highest BCUT2D eigenvalue weighted by atomic mass is 16.5. The van der Waals surface area contributed by atoms with E-state index in [-0.39, 0.29) is 11.1 Å². The van der Waals surface area contributed by atoms with Crippen molar-refractivity contribution in [2.45, 2.75) is 12.6 Å². The normalized spacial score (nSPS) is 12.0. The van der Waals surface area contributed by atoms with Crippen LogP contribution >= 0.6 is 0 Å². The van der Waals surface area contributed by atoms with Gasteiger partial charge in [0.15, 0.2) is 6.10 Å². The Morgan fingerprint density at radius 1 is 0.829 bits per heavy atom. The van der Waals surface area contributed by atoms with Crippen LogP contribution in [0.25, 0.3) is 21.8 Å². The largest absolute Gasteiger partial charge is 0.479 e. The minimum atomic E-state index is -1.75. The molecule has 0 saturated carbocycles. The number of hydrogen-bond acceptors (Lipinski definition) is 4. The lowest BCUT2D eigenvalue weighted by atomic mass is 9.99. The molecular formula is C28H22N2O5. The van der Waals surface area contributed by atoms with Gasteiger partial charge in [-0.3, -0.25) is 4.79 Å². The van der Waals surface area contributed by atoms with Gasteiger partial charge in [-0.2, -0.15) is 0 Å². The van der Waals surface area contributed by atoms with E-state index in [2.05, 4.69) is 0 Å². The first-order chi connectivity index (χ1) is 16.9. The second kappa shape index (κ2) is 8.96. The smallest absolute Gasteiger partial charge is 0.337 e. The summed E-state index contributed by atoms with van der Waals surface area (Å²) in [5.74, 6) is -0.609. The summed E-state index contributed by atoms with van der Waals surface area (Å²) in [6.07, 6.45) is -1.75. The van der Waals surface area contributed by atoms with Crippen LogP contribution in [0.2, 0.25) is 0 Å². The van der Waals surface area contributed by atoms with Crippen LogP contribution in [0, 0.1) is 0 Å². The highest BCUT2D eigenvalue weighted by molar-refractivity contribution is 6.19. The van der Waals surface area contributed by atoms with Gasteiger partial charge in [0.25, 0.3) is 0 Å². The van der Waals surface area contributed by atoms with Crippen molar-refractivity contribution in [3.63, 3.8) is 0 Å². The Hall–Kier alpha value is -4.62. The standard InChI is InChI=1S/C28H22N2O5/c29-27(32)21-12-6-14-23-25(21)24-20(26(31)28(33)34)11-5-13-22(24)30(23)16-17-7-4-10-19(15-17)35-18-8-2-1-3-9-18/h1-15,26,31H,16H2,(H2,29,32)(H,33,34). The SMILES string of the molecule is NC(=O)c1cccc2c1c1c(C(O)C(=O)O)cccc1n2Cc1cccc(Oc2ccccc2)c1. The average Bonchev–Trinajstić information content (AvgIpc) is 3.18. The van der Waals surface area contributed by atoms with E-state index in [9.17, 15) is 19.8 Å². The Labute approximate surface area is 200 Å². The molecule has 0 saturated heterocycles. The third-order valence-electron chi connectivity index (χ3n) is 5.96. The average molecular weight is 466 g/mol. The molecule has 0 spiro atoms. The van der Waals surface area contributed by atoms with Gasteiger partial charge in [-0.05, 0) is 48.0 Å². The van der Waals surface area contributed by atoms with Crippen molar-refractivity contribution in [1.29, 1.82) is 0 Å². The number of aromatic nitrogens is 1. The molecule has 4 N–H and O–H groups in total. The summed E-state index contributed by atoms with van der Waals surface area (Å²) in [6, 6.07) is 27.4. The molecule has 1 unspecified atom stereocenters. The number of carboxylic acids is 1. The van der Waals surface area contributed by atoms with Crippen molar-refractivity contribution in [3.05, 3.63) is 108 Å². The highest BCUT2D eigenvalue weighted by Gasteiger charge is 2.24. The van der Waals surface area contributed by atoms with E-state index in [0.717, 1.165) is 11.3 Å². The molecule has 1 amide bonds. The number of nitrogens with two attached hydrogens (primary N) is 1. The number of para-hydroxylation sites is 1. The first-order valence-corrected chi connectivity index (χ1v) is 11.0. The maximum atomic E-state index is 12.3. The summed E-state index contributed by atoms with van der Waals surface area (Å²) in [7, 11) is 0. The predicted molar refractivity (Wildman–Crippen MR) is 133 cm³/mol. The molecule has 1 heterocycles. The third kappa shape index (κ3) is 4.09. The van der Waals surface area contributed by atoms with Crippen LogP contribution in [0.15, 0.2) is 91.0 Å². The number of primary amides is 1. The van der Waals surface area contributed by atoms with Gasteiger partial charge >= 0.3 is 5.97 Å². The number of carbonyl (C=O) groups is 2. The van der Waals surface area contributed by atoms with Crippen LogP contribution in [0.5, 0.6) is 11.5 Å². The van der Waals surface area contributed by atoms with Gasteiger partial charge in [0, 0.05) is 34.0 Å². The Morgan fingerprint density at radius 2 is 1.49 bits per heavy atom. The summed E-state index contributed by atoms with van der Waals surface area (Å²) in [6.45, 7) is 0.417. The van der Waals surface area contributed by atoms with Crippen LogP contribution in [0.4, 0.5) is 0 Å². The van der Waals surface area contributed by atoms with Gasteiger partial charge in [0.1, 0.15) is 11.5 Å². The molecule has 1 atom stereocenters. The monoisotopic (exact) mass is 466 g/mol. The molecular weight excluding hydrogens is 444 g/mol. The van der Waals surface area contributed by atoms with E-state index in [1.165, 1.54) is 0 Å². The molecule has 0 radical (unpaired) electrons. The first kappa shape index (κ1) is 22.2. The van der Waals surface area contributed by atoms with Crippen molar-refractivity contribution >= 4 is 33.7 Å². The number of aliphatic carboxylic acids is 1. The van der Waals surface area contributed by atoms with Gasteiger partial charge in [0.05, 0.1) is 5.52 Å². The topological polar surface area (TPSA) is 115 Å². The van der Waals surface area contributed by atoms with E-state index in [4.69, 9.17) is 10.5 Å². The number of carbonyl (C=O) groups excluding carboxylic acids is 1. The lowest BCUT2D eigenvalue weighted by Crippen LogP contribution is -2.12. The number of ether oxygens (including phenoxy) is 1. The minimum absolute atomic E-state index is 0.202. The Kier molecular flexibility index (Phi) is 5.68. The summed E-state index contributed by atoms with van der Waals surface area (Å²) in [5.41, 5.74) is 8.45. The number of aliphatic hydroxyl groups is 1. The second-order valence-corrected chi connectivity index (χ2v) is 8.19. The summed E-state index contributed by atoms with van der Waals surface area (Å²) >= 11 is 0. The molecule has 0 aliphatic heterocycles. The van der Waals surface area contributed by atoms with E-state index in [0.29, 0.717) is 34.1 Å². The summed E-state index contributed by atoms with van der Waals surface area (Å²) in [4.78, 5) is 23.9. The molecule has 0 fully saturated rings. The summed E-state index contributed by atoms with van der Waals surface area (Å²) in [5, 5.41) is 20.9. The van der Waals surface area contributed by atoms with Gasteiger partial charge in [-0.15, -0.1) is 0 Å². The fourth-order valence-electron chi connectivity index (χ4n) is 4.46. The van der Waals surface area contributed by atoms with Gasteiger partial charge in [0.2, 0.25) is 5.91 Å². The van der Waals surface area contributed by atoms with Crippen molar-refractivity contribution in [2.75, 3.05) is 0 Å². The van der Waals surface area contributed by atoms with Crippen molar-refractivity contribution in [3.8, 4) is 11.5 Å². The van der Waals surface area contributed by atoms with E-state index in [1.807, 2.05) is 71.3 Å². The van der Waals surface area contributed by atoms with Gasteiger partial charge in [-0.1, -0.05) is 48.5 Å². The van der Waals surface area contributed by atoms with Crippen molar-refractivity contribution < 1.29 is 24.5 Å². The Morgan fingerprint density at radius 3 is 2.20 bits per heavy atom. The van der Waals surface area contributed by atoms with Crippen molar-refractivity contribution in [2.24, 2.45) is 5.73 Å². The van der Waals surface area contributed by atoms with Crippen LogP contribution in [-0.2, 0) is 11.3 Å². The lowest BCUT2D eigenvalue weighted by molar-refractivity contribution is -0.146. The Balaban J connectivity index is 1.68. The van der Waals surface area contributed by atoms with Crippen LogP contribution < -0.4 is 10.5 Å². The fraction of sp³-hybridized carbons (Fsp3) is 0.0714. The number of benzene rings is 4. The van der Waals surface area contributed by atoms with Crippen LogP contribution in [-0.4, -0.2) is 26.7 Å². The van der Waals surface area contributed by atoms with Gasteiger partial charge in [-0.25, -0.2) is 4.79 Å². The summed E-state index contributed by atoms with van der Waals surface area (Å²) < 4.78 is 7.95. The highest BCUT2D eigenvalue weighted by Crippen LogP contribution is 2.37. The third-order valence-corrected chi connectivity index (χ3v) is 5.96. The molecule has 4 aromatic carbocycles. The van der Waals surface area contributed by atoms with E-state index < -0.39 is 18.0 Å². The molecule has 5 rings (SSSR count). The number of carboxylic acid groups (broad SMARTS) is 1. The molecule has 174 valence electrons. The molecule has 35 heavy (non-hydrogen) atoms. The zero-order chi connectivity index (χ0) is 24.5. The van der Waals surface area contributed by atoms with E-state index >= 15 is 0 Å². The number of aliphatic hydroxyl groups excluding tert-OH is 1. The van der Waals surface area contributed by atoms with Crippen LogP contribution in [0.1, 0.15) is 27.6 Å². The molecule has 1 aromatic heterocycles. The predicted octanol–water partition coefficient (Wildman–Crippen LogP) is 4.85. The maximum Gasteiger partial charge on any atom is 0.337 e. The Bertz CT molecular complexity index is 1570. The van der Waals surface area contributed by atoms with Crippen molar-refractivity contribution in [1.82, 2.24) is 4.57 Å². The van der Waals surface area contributed by atoms with Gasteiger partial charge < -0.3 is 25.3 Å². The zero-order valence-corrected chi connectivity index (χ0v) is 18.6. The quantitative estimate of drug-likeness (QED) is 0.317. The lowest BCUT2D eigenvalue weighted by Gasteiger charge is -2.11. The maximum absolute atomic E-state index is 12.3. The first-order valence-electron chi connectivity index (χ1n) is 11.0. The molecule has 0 aliphatic rings. The van der Waals surface area contributed by atoms with Crippen LogP contribution in [0.3, 0.4) is 0 Å². The molecule has 0 aliphatic carbocycles. The number of hydrogen-bond donors (Lipinski definition) is 3. The molecule has 0 bridgehead atoms. The number of fused-ring (bicyclic) bond motifs is 3. The number of nitrogens with zero attached hydrogens (tertiary/aromatic N) is 1. The second-order valence-electron chi connectivity index (χ2n) is 8.19. The number of rotatable bonds is 7. The number of amides is 1. The fourth-order valence-corrected chi connectivity index (χ4v) is 4.46.